The number of halogens is 2. The summed E-state index contributed by atoms with van der Waals surface area (Å²) in [7, 11) is 1.49. The summed E-state index contributed by atoms with van der Waals surface area (Å²) in [5.41, 5.74) is 2.80. The molecule has 1 aromatic rings. The van der Waals surface area contributed by atoms with Crippen LogP contribution in [0.4, 0.5) is 8.78 Å². The maximum atomic E-state index is 14.9. The van der Waals surface area contributed by atoms with E-state index in [4.69, 9.17) is 4.74 Å². The van der Waals surface area contributed by atoms with Crippen LogP contribution in [-0.4, -0.2) is 7.11 Å². The van der Waals surface area contributed by atoms with Crippen molar-refractivity contribution >= 4 is 0 Å². The molecule has 2 fully saturated rings. The lowest BCUT2D eigenvalue weighted by atomic mass is 9.73. The van der Waals surface area contributed by atoms with Crippen LogP contribution < -0.4 is 4.74 Å². The lowest BCUT2D eigenvalue weighted by Gasteiger charge is -2.33. The minimum Gasteiger partial charge on any atom is -0.493 e. The smallest absolute Gasteiger partial charge is 0.201 e. The van der Waals surface area contributed by atoms with Gasteiger partial charge in [0.1, 0.15) is 0 Å². The summed E-state index contributed by atoms with van der Waals surface area (Å²) in [5, 5.41) is 0. The average molecular weight is 350 g/mol. The van der Waals surface area contributed by atoms with E-state index in [1.807, 2.05) is 6.92 Å². The molecular formula is C22H32F2O. The molecule has 0 bridgehead atoms. The summed E-state index contributed by atoms with van der Waals surface area (Å²) in [6.45, 7) is 2.05. The second-order valence-corrected chi connectivity index (χ2v) is 7.89. The van der Waals surface area contributed by atoms with E-state index >= 15 is 0 Å². The molecule has 3 rings (SSSR count). The second-order valence-electron chi connectivity index (χ2n) is 7.89. The number of hydrogen-bond acceptors (Lipinski definition) is 1. The summed E-state index contributed by atoms with van der Waals surface area (Å²) in [4.78, 5) is 0. The molecule has 2 saturated carbocycles. The molecule has 0 unspecified atom stereocenters. The van der Waals surface area contributed by atoms with Gasteiger partial charge in [0.15, 0.2) is 11.6 Å². The Labute approximate surface area is 151 Å². The van der Waals surface area contributed by atoms with Gasteiger partial charge in [-0.1, -0.05) is 51.9 Å². The highest BCUT2D eigenvalue weighted by Crippen LogP contribution is 2.48. The summed E-state index contributed by atoms with van der Waals surface area (Å²) < 4.78 is 35.3. The zero-order chi connectivity index (χ0) is 17.8. The highest BCUT2D eigenvalue weighted by atomic mass is 19.2. The first-order valence-corrected chi connectivity index (χ1v) is 10.3. The molecular weight excluding hydrogens is 318 g/mol. The van der Waals surface area contributed by atoms with Crippen LogP contribution in [0.2, 0.25) is 0 Å². The maximum Gasteiger partial charge on any atom is 0.201 e. The van der Waals surface area contributed by atoms with E-state index in [0.29, 0.717) is 23.8 Å². The van der Waals surface area contributed by atoms with Crippen LogP contribution >= 0.6 is 0 Å². The quantitative estimate of drug-likeness (QED) is 0.554. The van der Waals surface area contributed by atoms with Gasteiger partial charge in [0, 0.05) is 5.56 Å². The van der Waals surface area contributed by atoms with E-state index in [2.05, 4.69) is 0 Å². The predicted molar refractivity (Wildman–Crippen MR) is 98.6 cm³/mol. The van der Waals surface area contributed by atoms with Crippen molar-refractivity contribution in [3.05, 3.63) is 28.3 Å². The van der Waals surface area contributed by atoms with Crippen molar-refractivity contribution in [3.63, 3.8) is 0 Å². The van der Waals surface area contributed by atoms with Gasteiger partial charge in [0.25, 0.3) is 0 Å². The van der Waals surface area contributed by atoms with Crippen LogP contribution in [0.1, 0.15) is 106 Å². The molecule has 0 spiro atoms. The molecule has 0 N–H and O–H groups in total. The van der Waals surface area contributed by atoms with Crippen molar-refractivity contribution < 1.29 is 13.5 Å². The van der Waals surface area contributed by atoms with Crippen molar-refractivity contribution in [1.29, 1.82) is 0 Å². The zero-order valence-corrected chi connectivity index (χ0v) is 15.8. The van der Waals surface area contributed by atoms with Crippen LogP contribution in [0.3, 0.4) is 0 Å². The summed E-state index contributed by atoms with van der Waals surface area (Å²) >= 11 is 0. The van der Waals surface area contributed by atoms with Crippen LogP contribution in [0.25, 0.3) is 0 Å². The first-order chi connectivity index (χ1) is 12.2. The molecule has 0 radical (unpaired) electrons. The van der Waals surface area contributed by atoms with Crippen molar-refractivity contribution in [3.8, 4) is 5.75 Å². The molecule has 1 aromatic carbocycles. The third-order valence-corrected chi connectivity index (χ3v) is 6.25. The van der Waals surface area contributed by atoms with Gasteiger partial charge in [0.2, 0.25) is 5.82 Å². The number of hydrogen-bond donors (Lipinski definition) is 0. The standard InChI is InChI=1S/C22H32F2O/c1-3-10-17-18(15-11-6-4-7-12-15)19(16-13-8-5-9-14-16)22(25-2)21(24)20(17)23/h15-16H,3-14H2,1-2H3. The Kier molecular flexibility index (Phi) is 6.35. The van der Waals surface area contributed by atoms with E-state index in [1.165, 1.54) is 45.6 Å². The molecule has 1 nitrogen and oxygen atoms in total. The molecule has 0 saturated heterocycles. The Bertz CT molecular complexity index is 584. The third kappa shape index (κ3) is 3.71. The van der Waals surface area contributed by atoms with Crippen LogP contribution in [-0.2, 0) is 6.42 Å². The molecule has 0 amide bonds. The monoisotopic (exact) mass is 350 g/mol. The Balaban J connectivity index is 2.19. The summed E-state index contributed by atoms with van der Waals surface area (Å²) in [6, 6.07) is 0. The van der Waals surface area contributed by atoms with E-state index in [1.54, 1.807) is 0 Å². The lowest BCUT2D eigenvalue weighted by Crippen LogP contribution is -2.18. The SMILES string of the molecule is CCCc1c(F)c(F)c(OC)c(C2CCCCC2)c1C1CCCCC1. The minimum absolute atomic E-state index is 0.199. The number of methoxy groups -OCH3 is 1. The zero-order valence-electron chi connectivity index (χ0n) is 15.8. The van der Waals surface area contributed by atoms with Gasteiger partial charge in [-0.2, -0.15) is 4.39 Å². The lowest BCUT2D eigenvalue weighted by molar-refractivity contribution is 0.343. The van der Waals surface area contributed by atoms with Gasteiger partial charge >= 0.3 is 0 Å². The highest BCUT2D eigenvalue weighted by molar-refractivity contribution is 5.51. The Morgan fingerprint density at radius 3 is 1.80 bits per heavy atom. The highest BCUT2D eigenvalue weighted by Gasteiger charge is 2.33. The minimum atomic E-state index is -0.758. The van der Waals surface area contributed by atoms with Crippen molar-refractivity contribution in [2.45, 2.75) is 95.8 Å². The van der Waals surface area contributed by atoms with Gasteiger partial charge in [-0.15, -0.1) is 0 Å². The molecule has 140 valence electrons. The van der Waals surface area contributed by atoms with E-state index in [0.717, 1.165) is 43.2 Å². The largest absolute Gasteiger partial charge is 0.493 e. The van der Waals surface area contributed by atoms with Gasteiger partial charge in [-0.05, 0) is 55.1 Å². The summed E-state index contributed by atoms with van der Waals surface area (Å²) in [5.74, 6) is -0.516. The molecule has 25 heavy (non-hydrogen) atoms. The molecule has 0 heterocycles. The Hall–Kier alpha value is -1.12. The van der Waals surface area contributed by atoms with Gasteiger partial charge < -0.3 is 4.74 Å². The molecule has 0 aromatic heterocycles. The molecule has 0 atom stereocenters. The van der Waals surface area contributed by atoms with Crippen molar-refractivity contribution in [1.82, 2.24) is 0 Å². The van der Waals surface area contributed by atoms with Gasteiger partial charge in [0.05, 0.1) is 7.11 Å². The van der Waals surface area contributed by atoms with Crippen LogP contribution in [0, 0.1) is 11.6 Å². The second kappa shape index (κ2) is 8.51. The topological polar surface area (TPSA) is 9.23 Å². The number of ether oxygens (including phenoxy) is 1. The van der Waals surface area contributed by atoms with E-state index in [9.17, 15) is 8.78 Å². The van der Waals surface area contributed by atoms with Crippen LogP contribution in [0.15, 0.2) is 0 Å². The normalized spacial score (nSPS) is 20.0. The van der Waals surface area contributed by atoms with Crippen molar-refractivity contribution in [2.24, 2.45) is 0 Å². The number of benzene rings is 1. The first kappa shape index (κ1) is 18.7. The molecule has 2 aliphatic carbocycles. The van der Waals surface area contributed by atoms with E-state index in [-0.39, 0.29) is 5.75 Å². The fourth-order valence-electron chi connectivity index (χ4n) is 5.10. The fourth-order valence-corrected chi connectivity index (χ4v) is 5.10. The van der Waals surface area contributed by atoms with Crippen molar-refractivity contribution in [2.75, 3.05) is 7.11 Å². The molecule has 2 aliphatic rings. The van der Waals surface area contributed by atoms with E-state index < -0.39 is 11.6 Å². The molecule has 3 heteroatoms. The third-order valence-electron chi connectivity index (χ3n) is 6.25. The first-order valence-electron chi connectivity index (χ1n) is 10.3. The summed E-state index contributed by atoms with van der Waals surface area (Å²) in [6.07, 6.45) is 13.1. The van der Waals surface area contributed by atoms with Gasteiger partial charge in [-0.3, -0.25) is 0 Å². The predicted octanol–water partition coefficient (Wildman–Crippen LogP) is 7.02. The molecule has 0 aliphatic heterocycles. The van der Waals surface area contributed by atoms with Gasteiger partial charge in [-0.25, -0.2) is 4.39 Å². The average Bonchev–Trinajstić information content (AvgIpc) is 2.67. The fraction of sp³-hybridized carbons (Fsp3) is 0.727. The maximum absolute atomic E-state index is 14.9. The number of rotatable bonds is 5. The Morgan fingerprint density at radius 1 is 0.800 bits per heavy atom. The Morgan fingerprint density at radius 2 is 1.32 bits per heavy atom. The van der Waals surface area contributed by atoms with Crippen LogP contribution in [0.5, 0.6) is 5.75 Å².